The standard InChI is InChI=1S/C25H17F3N2/c26-25-23(30(27)28)13-12-19(15-8-10-17(29)11-9-15)24(25)21-7-3-6-20-18-5-2-1-4-16(18)14-22(20)21/h1-13H,14,29H2. The molecule has 0 amide bonds. The van der Waals surface area contributed by atoms with Crippen molar-refractivity contribution in [2.45, 2.75) is 6.42 Å². The number of halogens is 3. The predicted octanol–water partition coefficient (Wildman–Crippen LogP) is 6.89. The second-order valence-corrected chi connectivity index (χ2v) is 7.34. The second kappa shape index (κ2) is 6.95. The van der Waals surface area contributed by atoms with E-state index in [1.165, 1.54) is 6.07 Å². The Hall–Kier alpha value is -3.73. The molecule has 4 aromatic rings. The highest BCUT2D eigenvalue weighted by atomic mass is 19.4. The van der Waals surface area contributed by atoms with Gasteiger partial charge in [0.05, 0.1) is 0 Å². The topological polar surface area (TPSA) is 29.3 Å². The van der Waals surface area contributed by atoms with Crippen molar-refractivity contribution >= 4 is 11.4 Å². The van der Waals surface area contributed by atoms with Crippen LogP contribution in [0.4, 0.5) is 24.7 Å². The number of hydrogen-bond acceptors (Lipinski definition) is 2. The van der Waals surface area contributed by atoms with Crippen molar-refractivity contribution in [1.29, 1.82) is 0 Å². The van der Waals surface area contributed by atoms with Gasteiger partial charge in [-0.15, -0.1) is 0 Å². The zero-order valence-electron chi connectivity index (χ0n) is 15.9. The summed E-state index contributed by atoms with van der Waals surface area (Å²) >= 11 is 0. The van der Waals surface area contributed by atoms with E-state index >= 15 is 4.39 Å². The number of fused-ring (bicyclic) bond motifs is 3. The molecule has 2 nitrogen and oxygen atoms in total. The maximum atomic E-state index is 15.5. The molecule has 0 spiro atoms. The van der Waals surface area contributed by atoms with Crippen LogP contribution in [-0.4, -0.2) is 0 Å². The molecule has 0 aromatic heterocycles. The highest BCUT2D eigenvalue weighted by molar-refractivity contribution is 5.92. The van der Waals surface area contributed by atoms with E-state index in [1.807, 2.05) is 36.4 Å². The first-order valence-corrected chi connectivity index (χ1v) is 9.55. The van der Waals surface area contributed by atoms with Gasteiger partial charge in [0.1, 0.15) is 5.69 Å². The van der Waals surface area contributed by atoms with Gasteiger partial charge in [0, 0.05) is 11.3 Å². The van der Waals surface area contributed by atoms with Gasteiger partial charge in [0.2, 0.25) is 0 Å². The lowest BCUT2D eigenvalue weighted by atomic mass is 9.89. The molecular formula is C25H17F3N2. The van der Waals surface area contributed by atoms with Gasteiger partial charge in [-0.05, 0) is 68.9 Å². The number of anilines is 2. The van der Waals surface area contributed by atoms with Gasteiger partial charge in [0.15, 0.2) is 5.82 Å². The van der Waals surface area contributed by atoms with Gasteiger partial charge >= 0.3 is 0 Å². The molecule has 0 saturated carbocycles. The lowest BCUT2D eigenvalue weighted by molar-refractivity contribution is 0.231. The molecule has 0 radical (unpaired) electrons. The predicted molar refractivity (Wildman–Crippen MR) is 115 cm³/mol. The third-order valence-electron chi connectivity index (χ3n) is 5.65. The molecule has 1 aliphatic carbocycles. The normalized spacial score (nSPS) is 11.8. The highest BCUT2D eigenvalue weighted by Gasteiger charge is 2.26. The number of rotatable bonds is 3. The maximum absolute atomic E-state index is 15.5. The number of nitrogens with zero attached hydrogens (tertiary/aromatic N) is 1. The van der Waals surface area contributed by atoms with Gasteiger partial charge in [-0.2, -0.15) is 0 Å². The monoisotopic (exact) mass is 402 g/mol. The third-order valence-corrected chi connectivity index (χ3v) is 5.65. The Bertz CT molecular complexity index is 1260. The third kappa shape index (κ3) is 2.82. The Balaban J connectivity index is 1.79. The van der Waals surface area contributed by atoms with Crippen LogP contribution >= 0.6 is 0 Å². The molecule has 2 N–H and O–H groups in total. The van der Waals surface area contributed by atoms with Gasteiger partial charge in [-0.3, -0.25) is 0 Å². The van der Waals surface area contributed by atoms with Crippen molar-refractivity contribution in [3.63, 3.8) is 0 Å². The summed E-state index contributed by atoms with van der Waals surface area (Å²) in [6.45, 7) is 0. The lowest BCUT2D eigenvalue weighted by Crippen LogP contribution is -2.03. The van der Waals surface area contributed by atoms with Gasteiger partial charge in [-0.1, -0.05) is 69.6 Å². The van der Waals surface area contributed by atoms with E-state index in [-0.39, 0.29) is 5.56 Å². The SMILES string of the molecule is Nc1ccc(-c2ccc(N(F)F)c(F)c2-c2cccc3c2Cc2ccccc2-3)cc1. The molecule has 5 rings (SSSR count). The van der Waals surface area contributed by atoms with Crippen LogP contribution in [0.2, 0.25) is 0 Å². The molecule has 0 atom stereocenters. The van der Waals surface area contributed by atoms with Crippen LogP contribution in [-0.2, 0) is 6.42 Å². The highest BCUT2D eigenvalue weighted by Crippen LogP contribution is 2.46. The van der Waals surface area contributed by atoms with Gasteiger partial charge < -0.3 is 5.73 Å². The van der Waals surface area contributed by atoms with Crippen LogP contribution in [0.15, 0.2) is 78.9 Å². The average Bonchev–Trinajstić information content (AvgIpc) is 3.13. The van der Waals surface area contributed by atoms with Crippen LogP contribution in [0.3, 0.4) is 0 Å². The first-order chi connectivity index (χ1) is 14.5. The van der Waals surface area contributed by atoms with Gasteiger partial charge in [-0.25, -0.2) is 4.39 Å². The summed E-state index contributed by atoms with van der Waals surface area (Å²) in [5.41, 5.74) is 11.8. The molecule has 0 bridgehead atoms. The first-order valence-electron chi connectivity index (χ1n) is 9.55. The van der Waals surface area contributed by atoms with Crippen molar-refractivity contribution in [3.8, 4) is 33.4 Å². The summed E-state index contributed by atoms with van der Waals surface area (Å²) in [4.78, 5) is 0. The Morgan fingerprint density at radius 2 is 1.40 bits per heavy atom. The fourth-order valence-corrected chi connectivity index (χ4v) is 4.25. The molecule has 0 saturated heterocycles. The molecule has 30 heavy (non-hydrogen) atoms. The Labute approximate surface area is 171 Å². The maximum Gasteiger partial charge on any atom is 0.160 e. The van der Waals surface area contributed by atoms with Crippen LogP contribution < -0.4 is 11.1 Å². The summed E-state index contributed by atoms with van der Waals surface area (Å²) < 4.78 is 42.2. The zero-order valence-corrected chi connectivity index (χ0v) is 15.9. The van der Waals surface area contributed by atoms with Crippen molar-refractivity contribution in [3.05, 3.63) is 95.8 Å². The molecule has 148 valence electrons. The molecule has 1 aliphatic rings. The molecule has 0 heterocycles. The van der Waals surface area contributed by atoms with Crippen LogP contribution in [0.25, 0.3) is 33.4 Å². The Morgan fingerprint density at radius 1 is 0.700 bits per heavy atom. The van der Waals surface area contributed by atoms with Crippen LogP contribution in [0.5, 0.6) is 0 Å². The molecule has 0 fully saturated rings. The van der Waals surface area contributed by atoms with Crippen LogP contribution in [0.1, 0.15) is 11.1 Å². The minimum atomic E-state index is -1.18. The van der Waals surface area contributed by atoms with Crippen molar-refractivity contribution < 1.29 is 13.4 Å². The molecule has 0 aliphatic heterocycles. The van der Waals surface area contributed by atoms with E-state index in [0.29, 0.717) is 28.8 Å². The van der Waals surface area contributed by atoms with Gasteiger partial charge in [0.25, 0.3) is 0 Å². The summed E-state index contributed by atoms with van der Waals surface area (Å²) in [6.07, 6.45) is 0.626. The Kier molecular flexibility index (Phi) is 4.24. The van der Waals surface area contributed by atoms with E-state index in [0.717, 1.165) is 28.3 Å². The molecule has 0 unspecified atom stereocenters. The fraction of sp³-hybridized carbons (Fsp3) is 0.0400. The smallest absolute Gasteiger partial charge is 0.160 e. The van der Waals surface area contributed by atoms with E-state index in [9.17, 15) is 8.96 Å². The Morgan fingerprint density at radius 3 is 2.17 bits per heavy atom. The number of nitrogens with two attached hydrogens (primary N) is 1. The van der Waals surface area contributed by atoms with Crippen molar-refractivity contribution in [2.75, 3.05) is 11.1 Å². The summed E-state index contributed by atoms with van der Waals surface area (Å²) in [6, 6.07) is 23.2. The van der Waals surface area contributed by atoms with E-state index in [4.69, 9.17) is 5.73 Å². The summed E-state index contributed by atoms with van der Waals surface area (Å²) in [5.74, 6) is -0.946. The zero-order chi connectivity index (χ0) is 20.8. The quantitative estimate of drug-likeness (QED) is 0.263. The van der Waals surface area contributed by atoms with Crippen molar-refractivity contribution in [1.82, 2.24) is 0 Å². The molecular weight excluding hydrogens is 385 g/mol. The molecule has 4 aromatic carbocycles. The summed E-state index contributed by atoms with van der Waals surface area (Å²) in [7, 11) is 0. The number of hydrogen-bond donors (Lipinski definition) is 1. The fourth-order valence-electron chi connectivity index (χ4n) is 4.25. The average molecular weight is 402 g/mol. The minimum Gasteiger partial charge on any atom is -0.399 e. The first kappa shape index (κ1) is 18.3. The summed E-state index contributed by atoms with van der Waals surface area (Å²) in [5, 5.41) is -1.18. The van der Waals surface area contributed by atoms with E-state index in [2.05, 4.69) is 0 Å². The van der Waals surface area contributed by atoms with Crippen molar-refractivity contribution in [2.24, 2.45) is 0 Å². The van der Waals surface area contributed by atoms with Crippen LogP contribution in [0, 0.1) is 5.82 Å². The molecule has 5 heteroatoms. The van der Waals surface area contributed by atoms with E-state index < -0.39 is 16.8 Å². The lowest BCUT2D eigenvalue weighted by Gasteiger charge is -2.17. The number of nitrogen functional groups attached to an aromatic ring is 1. The number of benzene rings is 4. The minimum absolute atomic E-state index is 0.169. The van der Waals surface area contributed by atoms with E-state index in [1.54, 1.807) is 30.3 Å². The second-order valence-electron chi connectivity index (χ2n) is 7.34. The largest absolute Gasteiger partial charge is 0.399 e.